The second kappa shape index (κ2) is 4.27. The average Bonchev–Trinajstić information content (AvgIpc) is 1.96. The second-order valence-corrected chi connectivity index (χ2v) is 4.92. The van der Waals surface area contributed by atoms with E-state index in [0.717, 1.165) is 17.8 Å². The monoisotopic (exact) mass is 169 g/mol. The van der Waals surface area contributed by atoms with Crippen LogP contribution < -0.4 is 0 Å². The number of nitrogens with zero attached hydrogens (tertiary/aromatic N) is 1. The summed E-state index contributed by atoms with van der Waals surface area (Å²) in [6.45, 7) is 6.10. The van der Waals surface area contributed by atoms with Crippen molar-refractivity contribution in [2.45, 2.75) is 33.1 Å². The maximum Gasteiger partial charge on any atom is 0.000620 e. The van der Waals surface area contributed by atoms with Crippen LogP contribution >= 0.6 is 0 Å². The van der Waals surface area contributed by atoms with Crippen molar-refractivity contribution in [2.24, 2.45) is 17.8 Å². The van der Waals surface area contributed by atoms with E-state index in [-0.39, 0.29) is 0 Å². The average molecular weight is 169 g/mol. The van der Waals surface area contributed by atoms with Crippen LogP contribution in [0.3, 0.4) is 0 Å². The Morgan fingerprint density at radius 2 is 1.83 bits per heavy atom. The van der Waals surface area contributed by atoms with Crippen molar-refractivity contribution in [3.8, 4) is 0 Å². The smallest absolute Gasteiger partial charge is 0.000620 e. The zero-order valence-electron chi connectivity index (χ0n) is 9.01. The predicted octanol–water partition coefficient (Wildman–Crippen LogP) is 2.62. The lowest BCUT2D eigenvalue weighted by molar-refractivity contribution is 0.163. The molecule has 0 heterocycles. The van der Waals surface area contributed by atoms with Gasteiger partial charge in [-0.25, -0.2) is 0 Å². The van der Waals surface area contributed by atoms with E-state index >= 15 is 0 Å². The Hall–Kier alpha value is -0.0400. The summed E-state index contributed by atoms with van der Waals surface area (Å²) in [6, 6.07) is 0. The van der Waals surface area contributed by atoms with Gasteiger partial charge in [0.15, 0.2) is 0 Å². The highest BCUT2D eigenvalue weighted by Crippen LogP contribution is 2.33. The van der Waals surface area contributed by atoms with E-state index in [2.05, 4.69) is 32.8 Å². The minimum Gasteiger partial charge on any atom is -0.309 e. The van der Waals surface area contributed by atoms with Gasteiger partial charge in [-0.15, -0.1) is 0 Å². The quantitative estimate of drug-likeness (QED) is 0.614. The molecule has 1 heteroatoms. The van der Waals surface area contributed by atoms with Gasteiger partial charge in [0.05, 0.1) is 0 Å². The van der Waals surface area contributed by atoms with E-state index in [0.29, 0.717) is 0 Å². The van der Waals surface area contributed by atoms with Crippen molar-refractivity contribution in [3.63, 3.8) is 0 Å². The Kier molecular flexibility index (Phi) is 3.57. The van der Waals surface area contributed by atoms with Crippen molar-refractivity contribution in [1.29, 1.82) is 0 Å². The van der Waals surface area contributed by atoms with E-state index in [9.17, 15) is 0 Å². The predicted molar refractivity (Wildman–Crippen MR) is 54.2 cm³/mol. The van der Waals surface area contributed by atoms with Crippen LogP contribution in [0.4, 0.5) is 0 Å². The van der Waals surface area contributed by atoms with Gasteiger partial charge in [0.25, 0.3) is 0 Å². The molecule has 3 atom stereocenters. The Labute approximate surface area is 77.1 Å². The topological polar surface area (TPSA) is 3.24 Å². The molecule has 0 aromatic rings. The van der Waals surface area contributed by atoms with Crippen LogP contribution in [0.2, 0.25) is 0 Å². The highest BCUT2D eigenvalue weighted by atomic mass is 15.1. The molecule has 3 unspecified atom stereocenters. The number of hydrogen-bond acceptors (Lipinski definition) is 1. The van der Waals surface area contributed by atoms with E-state index in [4.69, 9.17) is 0 Å². The molecule has 0 amide bonds. The molecule has 0 bridgehead atoms. The Morgan fingerprint density at radius 3 is 2.42 bits per heavy atom. The molecule has 1 fully saturated rings. The Bertz CT molecular complexity index is 129. The summed E-state index contributed by atoms with van der Waals surface area (Å²) in [6.07, 6.45) is 4.34. The summed E-state index contributed by atoms with van der Waals surface area (Å²) in [5, 5.41) is 0. The van der Waals surface area contributed by atoms with Gasteiger partial charge in [-0.3, -0.25) is 0 Å². The maximum absolute atomic E-state index is 2.42. The lowest BCUT2D eigenvalue weighted by Gasteiger charge is -2.34. The highest BCUT2D eigenvalue weighted by molar-refractivity contribution is 4.77. The molecule has 0 aromatic carbocycles. The SMILES string of the molecule is CC1CCC(C)C(CN(C)C)C1. The first-order chi connectivity index (χ1) is 5.59. The minimum atomic E-state index is 0.948. The molecular weight excluding hydrogens is 146 g/mol. The summed E-state index contributed by atoms with van der Waals surface area (Å²) >= 11 is 0. The lowest BCUT2D eigenvalue weighted by atomic mass is 9.75. The standard InChI is InChI=1S/C11H23N/c1-9-5-6-10(2)11(7-9)8-12(3)4/h9-11H,5-8H2,1-4H3. The van der Waals surface area contributed by atoms with Crippen molar-refractivity contribution >= 4 is 0 Å². The van der Waals surface area contributed by atoms with Gasteiger partial charge in [-0.05, 0) is 38.3 Å². The molecule has 1 aliphatic rings. The number of rotatable bonds is 2. The largest absolute Gasteiger partial charge is 0.309 e. The van der Waals surface area contributed by atoms with Gasteiger partial charge in [0.2, 0.25) is 0 Å². The molecule has 72 valence electrons. The van der Waals surface area contributed by atoms with Crippen molar-refractivity contribution in [1.82, 2.24) is 4.90 Å². The van der Waals surface area contributed by atoms with Crippen LogP contribution in [0.25, 0.3) is 0 Å². The van der Waals surface area contributed by atoms with Gasteiger partial charge in [-0.1, -0.05) is 26.7 Å². The van der Waals surface area contributed by atoms with E-state index in [1.54, 1.807) is 0 Å². The van der Waals surface area contributed by atoms with E-state index in [1.807, 2.05) is 0 Å². The zero-order chi connectivity index (χ0) is 9.14. The first kappa shape index (κ1) is 10.0. The van der Waals surface area contributed by atoms with Crippen LogP contribution in [0.1, 0.15) is 33.1 Å². The molecule has 0 spiro atoms. The summed E-state index contributed by atoms with van der Waals surface area (Å²) in [5.41, 5.74) is 0. The molecule has 0 aromatic heterocycles. The molecule has 0 saturated heterocycles. The van der Waals surface area contributed by atoms with Gasteiger partial charge in [-0.2, -0.15) is 0 Å². The fourth-order valence-corrected chi connectivity index (χ4v) is 2.37. The Morgan fingerprint density at radius 1 is 1.17 bits per heavy atom. The van der Waals surface area contributed by atoms with Crippen LogP contribution in [0.15, 0.2) is 0 Å². The van der Waals surface area contributed by atoms with Gasteiger partial charge >= 0.3 is 0 Å². The van der Waals surface area contributed by atoms with Crippen molar-refractivity contribution in [3.05, 3.63) is 0 Å². The Balaban J connectivity index is 2.38. The zero-order valence-corrected chi connectivity index (χ0v) is 9.01. The highest BCUT2D eigenvalue weighted by Gasteiger charge is 2.25. The molecule has 1 aliphatic carbocycles. The molecule has 1 saturated carbocycles. The van der Waals surface area contributed by atoms with Crippen molar-refractivity contribution < 1.29 is 0 Å². The molecule has 0 aliphatic heterocycles. The minimum absolute atomic E-state index is 0.948. The molecule has 0 radical (unpaired) electrons. The van der Waals surface area contributed by atoms with Crippen LogP contribution in [-0.4, -0.2) is 25.5 Å². The maximum atomic E-state index is 2.42. The molecule has 0 N–H and O–H groups in total. The fraction of sp³-hybridized carbons (Fsp3) is 1.00. The van der Waals surface area contributed by atoms with E-state index in [1.165, 1.54) is 25.8 Å². The van der Waals surface area contributed by atoms with Gasteiger partial charge in [0, 0.05) is 6.54 Å². The summed E-state index contributed by atoms with van der Waals surface area (Å²) in [4.78, 5) is 2.33. The van der Waals surface area contributed by atoms with Crippen LogP contribution in [0.5, 0.6) is 0 Å². The van der Waals surface area contributed by atoms with Gasteiger partial charge in [0.1, 0.15) is 0 Å². The summed E-state index contributed by atoms with van der Waals surface area (Å²) in [7, 11) is 4.37. The first-order valence-electron chi connectivity index (χ1n) is 5.24. The third-order valence-electron chi connectivity index (χ3n) is 3.22. The number of hydrogen-bond donors (Lipinski definition) is 0. The van der Waals surface area contributed by atoms with Crippen LogP contribution in [-0.2, 0) is 0 Å². The lowest BCUT2D eigenvalue weighted by Crippen LogP contribution is -2.31. The summed E-state index contributed by atoms with van der Waals surface area (Å²) in [5.74, 6) is 2.86. The van der Waals surface area contributed by atoms with Gasteiger partial charge < -0.3 is 4.90 Å². The molecule has 1 nitrogen and oxygen atoms in total. The molecule has 12 heavy (non-hydrogen) atoms. The van der Waals surface area contributed by atoms with Crippen molar-refractivity contribution in [2.75, 3.05) is 20.6 Å². The third-order valence-corrected chi connectivity index (χ3v) is 3.22. The molecular formula is C11H23N. The van der Waals surface area contributed by atoms with E-state index < -0.39 is 0 Å². The molecule has 1 rings (SSSR count). The second-order valence-electron chi connectivity index (χ2n) is 4.92. The van der Waals surface area contributed by atoms with Crippen LogP contribution in [0, 0.1) is 17.8 Å². The first-order valence-corrected chi connectivity index (χ1v) is 5.24. The fourth-order valence-electron chi connectivity index (χ4n) is 2.37. The third kappa shape index (κ3) is 2.78. The summed E-state index contributed by atoms with van der Waals surface area (Å²) < 4.78 is 0. The normalized spacial score (nSPS) is 37.2.